The number of amides is 4. The van der Waals surface area contributed by atoms with Crippen LogP contribution < -0.4 is 0 Å². The Labute approximate surface area is 238 Å². The zero-order valence-electron chi connectivity index (χ0n) is 23.2. The molecule has 8 heteroatoms. The minimum atomic E-state index is -0.293. The van der Waals surface area contributed by atoms with Crippen LogP contribution >= 0.6 is 0 Å². The second-order valence-corrected chi connectivity index (χ2v) is 10.7. The lowest BCUT2D eigenvalue weighted by molar-refractivity contribution is 0.0515. The summed E-state index contributed by atoms with van der Waals surface area (Å²) in [6.07, 6.45) is 0.726. The number of imide groups is 2. The molecule has 0 aromatic heterocycles. The summed E-state index contributed by atoms with van der Waals surface area (Å²) in [5.41, 5.74) is 3.13. The molecule has 0 aliphatic carbocycles. The summed E-state index contributed by atoms with van der Waals surface area (Å²) in [5, 5.41) is 3.25. The van der Waals surface area contributed by atoms with Gasteiger partial charge in [-0.1, -0.05) is 48.5 Å². The molecule has 0 unspecified atom stereocenters. The molecule has 8 nitrogen and oxygen atoms in total. The van der Waals surface area contributed by atoms with Gasteiger partial charge in [-0.05, 0) is 54.9 Å². The van der Waals surface area contributed by atoms with E-state index in [0.29, 0.717) is 48.5 Å². The highest BCUT2D eigenvalue weighted by molar-refractivity contribution is 6.26. The topological polar surface area (TPSA) is 87.2 Å². The molecular formula is C33H31N3O5. The molecule has 0 spiro atoms. The maximum Gasteiger partial charge on any atom is 0.261 e. The second-order valence-electron chi connectivity index (χ2n) is 10.7. The lowest BCUT2D eigenvalue weighted by Crippen LogP contribution is -2.44. The first kappa shape index (κ1) is 26.8. The highest BCUT2D eigenvalue weighted by Crippen LogP contribution is 2.32. The first-order chi connectivity index (χ1) is 19.9. The van der Waals surface area contributed by atoms with Gasteiger partial charge in [0.2, 0.25) is 0 Å². The summed E-state index contributed by atoms with van der Waals surface area (Å²) in [4.78, 5) is 57.1. The van der Waals surface area contributed by atoms with Crippen LogP contribution in [0.5, 0.6) is 0 Å². The van der Waals surface area contributed by atoms with Crippen LogP contribution in [-0.2, 0) is 4.74 Å². The highest BCUT2D eigenvalue weighted by atomic mass is 16.5. The molecule has 6 rings (SSSR count). The quantitative estimate of drug-likeness (QED) is 0.213. The van der Waals surface area contributed by atoms with Crippen molar-refractivity contribution in [2.45, 2.75) is 13.3 Å². The number of hydrogen-bond donors (Lipinski definition) is 0. The molecule has 0 radical (unpaired) electrons. The minimum absolute atomic E-state index is 0.186. The zero-order valence-corrected chi connectivity index (χ0v) is 23.2. The number of rotatable bonds is 10. The average molecular weight is 550 g/mol. The van der Waals surface area contributed by atoms with Gasteiger partial charge in [-0.3, -0.25) is 29.0 Å². The third-order valence-corrected chi connectivity index (χ3v) is 8.04. The van der Waals surface area contributed by atoms with Crippen LogP contribution in [0.25, 0.3) is 21.5 Å². The summed E-state index contributed by atoms with van der Waals surface area (Å²) in [5.74, 6) is -1.08. The van der Waals surface area contributed by atoms with E-state index in [1.54, 1.807) is 18.2 Å². The molecule has 4 aromatic carbocycles. The Hall–Kier alpha value is -4.40. The summed E-state index contributed by atoms with van der Waals surface area (Å²) < 4.78 is 5.77. The first-order valence-corrected chi connectivity index (χ1v) is 13.9. The van der Waals surface area contributed by atoms with E-state index in [9.17, 15) is 19.2 Å². The molecule has 0 N–H and O–H groups in total. The number of aryl methyl sites for hydroxylation is 1. The lowest BCUT2D eigenvalue weighted by atomic mass is 9.91. The van der Waals surface area contributed by atoms with Gasteiger partial charge in [0.1, 0.15) is 0 Å². The van der Waals surface area contributed by atoms with Crippen molar-refractivity contribution < 1.29 is 23.9 Å². The third kappa shape index (κ3) is 4.69. The second kappa shape index (κ2) is 10.9. The SMILES string of the molecule is Cc1ccc2cccc3c2c1C(=O)N(CCN(C)CCCOCCN1C(=O)c2cccc4cccc(c24)C1=O)C3=O. The van der Waals surface area contributed by atoms with Crippen LogP contribution in [0.2, 0.25) is 0 Å². The maximum atomic E-state index is 13.3. The molecule has 2 aliphatic rings. The molecule has 0 fully saturated rings. The van der Waals surface area contributed by atoms with Crippen LogP contribution in [0.15, 0.2) is 66.7 Å². The van der Waals surface area contributed by atoms with Crippen LogP contribution in [0.1, 0.15) is 53.4 Å². The molecule has 4 aromatic rings. The minimum Gasteiger partial charge on any atom is -0.380 e. The lowest BCUT2D eigenvalue weighted by Gasteiger charge is -2.29. The van der Waals surface area contributed by atoms with Gasteiger partial charge >= 0.3 is 0 Å². The number of nitrogens with zero attached hydrogens (tertiary/aromatic N) is 3. The third-order valence-electron chi connectivity index (χ3n) is 8.04. The van der Waals surface area contributed by atoms with Crippen molar-refractivity contribution in [2.24, 2.45) is 0 Å². The monoisotopic (exact) mass is 549 g/mol. The number of carbonyl (C=O) groups is 4. The number of hydrogen-bond acceptors (Lipinski definition) is 6. The first-order valence-electron chi connectivity index (χ1n) is 13.9. The Morgan fingerprint density at radius 3 is 1.83 bits per heavy atom. The number of carbonyl (C=O) groups excluding carboxylic acids is 4. The fourth-order valence-corrected chi connectivity index (χ4v) is 5.87. The van der Waals surface area contributed by atoms with Crippen molar-refractivity contribution in [2.75, 3.05) is 46.4 Å². The normalized spacial score (nSPS) is 14.7. The predicted molar refractivity (Wildman–Crippen MR) is 156 cm³/mol. The van der Waals surface area contributed by atoms with E-state index < -0.39 is 0 Å². The molecule has 2 aliphatic heterocycles. The Kier molecular flexibility index (Phi) is 7.11. The Morgan fingerprint density at radius 2 is 1.20 bits per heavy atom. The molecule has 0 saturated carbocycles. The Balaban J connectivity index is 0.972. The Bertz CT molecular complexity index is 1680. The zero-order chi connectivity index (χ0) is 28.7. The predicted octanol–water partition coefficient (Wildman–Crippen LogP) is 4.53. The van der Waals surface area contributed by atoms with Gasteiger partial charge in [-0.15, -0.1) is 0 Å². The van der Waals surface area contributed by atoms with E-state index in [2.05, 4.69) is 4.90 Å². The fraction of sp³-hybridized carbons (Fsp3) is 0.273. The van der Waals surface area contributed by atoms with E-state index >= 15 is 0 Å². The molecule has 4 amide bonds. The van der Waals surface area contributed by atoms with Crippen LogP contribution in [-0.4, -0.2) is 84.8 Å². The van der Waals surface area contributed by atoms with Crippen LogP contribution in [0.3, 0.4) is 0 Å². The molecule has 2 heterocycles. The molecule has 0 atom stereocenters. The van der Waals surface area contributed by atoms with Gasteiger partial charge in [-0.25, -0.2) is 0 Å². The summed E-state index contributed by atoms with van der Waals surface area (Å²) in [6.45, 7) is 4.34. The van der Waals surface area contributed by atoms with Gasteiger partial charge in [0, 0.05) is 53.7 Å². The van der Waals surface area contributed by atoms with Gasteiger partial charge in [0.25, 0.3) is 23.6 Å². The van der Waals surface area contributed by atoms with Crippen LogP contribution in [0, 0.1) is 6.92 Å². The molecular weight excluding hydrogens is 518 g/mol. The smallest absolute Gasteiger partial charge is 0.261 e. The van der Waals surface area contributed by atoms with Crippen molar-refractivity contribution in [3.63, 3.8) is 0 Å². The number of ether oxygens (including phenoxy) is 1. The number of likely N-dealkylation sites (N-methyl/N-ethyl adjacent to an activating group) is 1. The van der Waals surface area contributed by atoms with Crippen molar-refractivity contribution in [1.82, 2.24) is 14.7 Å². The molecule has 208 valence electrons. The molecule has 41 heavy (non-hydrogen) atoms. The van der Waals surface area contributed by atoms with E-state index in [0.717, 1.165) is 33.5 Å². The maximum absolute atomic E-state index is 13.3. The average Bonchev–Trinajstić information content (AvgIpc) is 2.98. The fourth-order valence-electron chi connectivity index (χ4n) is 5.87. The summed E-state index contributed by atoms with van der Waals surface area (Å²) in [7, 11) is 1.95. The molecule has 0 saturated heterocycles. The van der Waals surface area contributed by atoms with Gasteiger partial charge in [-0.2, -0.15) is 0 Å². The standard InChI is InChI=1S/C33H31N3O5/c1-21-13-14-23-9-5-12-26-29(23)27(21)33(40)35(32(26)39)17-16-34(2)15-6-19-41-20-18-36-30(37)24-10-3-7-22-8-4-11-25(28(22)24)31(36)38/h3-5,7-14H,6,15-20H2,1-2H3. The largest absolute Gasteiger partial charge is 0.380 e. The van der Waals surface area contributed by atoms with Crippen molar-refractivity contribution in [3.05, 3.63) is 94.5 Å². The van der Waals surface area contributed by atoms with Gasteiger partial charge < -0.3 is 9.64 Å². The van der Waals surface area contributed by atoms with E-state index in [1.807, 2.05) is 62.5 Å². The van der Waals surface area contributed by atoms with E-state index in [1.165, 1.54) is 9.80 Å². The van der Waals surface area contributed by atoms with Crippen molar-refractivity contribution in [3.8, 4) is 0 Å². The molecule has 0 bridgehead atoms. The highest BCUT2D eigenvalue weighted by Gasteiger charge is 2.34. The van der Waals surface area contributed by atoms with Crippen molar-refractivity contribution in [1.29, 1.82) is 0 Å². The Morgan fingerprint density at radius 1 is 0.634 bits per heavy atom. The van der Waals surface area contributed by atoms with Crippen LogP contribution in [0.4, 0.5) is 0 Å². The van der Waals surface area contributed by atoms with Gasteiger partial charge in [0.15, 0.2) is 0 Å². The summed E-state index contributed by atoms with van der Waals surface area (Å²) in [6, 6.07) is 20.4. The van der Waals surface area contributed by atoms with E-state index in [4.69, 9.17) is 4.74 Å². The van der Waals surface area contributed by atoms with Gasteiger partial charge in [0.05, 0.1) is 18.7 Å². The summed E-state index contributed by atoms with van der Waals surface area (Å²) >= 11 is 0. The van der Waals surface area contributed by atoms with E-state index in [-0.39, 0.29) is 36.8 Å². The number of benzene rings is 4. The van der Waals surface area contributed by atoms with Crippen molar-refractivity contribution >= 4 is 45.2 Å².